The molecule has 0 bridgehead atoms. The molecule has 0 aromatic heterocycles. The molecule has 0 saturated heterocycles. The number of phenols is 1. The zero-order chi connectivity index (χ0) is 22.1. The molecule has 0 aliphatic carbocycles. The van der Waals surface area contributed by atoms with Crippen LogP contribution in [0.2, 0.25) is 0 Å². The first-order chi connectivity index (χ1) is 14.1. The molecule has 1 atom stereocenters. The molecule has 2 amide bonds. The molecule has 3 rings (SSSR count). The van der Waals surface area contributed by atoms with Gasteiger partial charge in [0.1, 0.15) is 5.66 Å². The number of amides is 2. The Labute approximate surface area is 174 Å². The molecule has 2 aromatic carbocycles. The van der Waals surface area contributed by atoms with Crippen molar-refractivity contribution < 1.29 is 27.5 Å². The highest BCUT2D eigenvalue weighted by Crippen LogP contribution is 2.36. The summed E-state index contributed by atoms with van der Waals surface area (Å²) in [6, 6.07) is 9.35. The van der Waals surface area contributed by atoms with Gasteiger partial charge in [-0.2, -0.15) is 4.72 Å². The highest BCUT2D eigenvalue weighted by Gasteiger charge is 2.49. The van der Waals surface area contributed by atoms with Gasteiger partial charge in [-0.25, -0.2) is 12.8 Å². The Balaban J connectivity index is 2.10. The van der Waals surface area contributed by atoms with Gasteiger partial charge in [-0.05, 0) is 43.2 Å². The van der Waals surface area contributed by atoms with Crippen LogP contribution in [-0.4, -0.2) is 36.0 Å². The number of fused-ring (bicyclic) bond motifs is 1. The minimum absolute atomic E-state index is 0.0509. The summed E-state index contributed by atoms with van der Waals surface area (Å²) in [7, 11) is -3.93. The first-order valence-electron chi connectivity index (χ1n) is 9.59. The summed E-state index contributed by atoms with van der Waals surface area (Å²) in [5.74, 6) is -3.20. The lowest BCUT2D eigenvalue weighted by Crippen LogP contribution is -2.58. The molecule has 0 radical (unpaired) electrons. The van der Waals surface area contributed by atoms with Crippen molar-refractivity contribution in [3.05, 3.63) is 65.0 Å². The first kappa shape index (κ1) is 21.9. The molecule has 1 aliphatic heterocycles. The summed E-state index contributed by atoms with van der Waals surface area (Å²) in [6.45, 7) is 3.28. The largest absolute Gasteiger partial charge is 0.505 e. The molecule has 0 unspecified atom stereocenters. The maximum atomic E-state index is 13.6. The smallest absolute Gasteiger partial charge is 0.263 e. The summed E-state index contributed by atoms with van der Waals surface area (Å²) in [6.07, 6.45) is 1.91. The Morgan fingerprint density at radius 3 is 2.20 bits per heavy atom. The van der Waals surface area contributed by atoms with Crippen LogP contribution in [0.4, 0.5) is 4.39 Å². The lowest BCUT2D eigenvalue weighted by Gasteiger charge is -2.38. The van der Waals surface area contributed by atoms with Crippen molar-refractivity contribution in [2.75, 3.05) is 5.75 Å². The second kappa shape index (κ2) is 8.16. The molecule has 7 nitrogen and oxygen atoms in total. The molecule has 0 spiro atoms. The average Bonchev–Trinajstić information content (AvgIpc) is 2.95. The van der Waals surface area contributed by atoms with E-state index in [1.807, 2.05) is 6.92 Å². The fourth-order valence-electron chi connectivity index (χ4n) is 3.54. The van der Waals surface area contributed by atoms with Crippen LogP contribution in [0.5, 0.6) is 5.75 Å². The van der Waals surface area contributed by atoms with Crippen LogP contribution in [0.25, 0.3) is 0 Å². The van der Waals surface area contributed by atoms with Gasteiger partial charge in [0.15, 0.2) is 11.6 Å². The monoisotopic (exact) mass is 434 g/mol. The van der Waals surface area contributed by atoms with E-state index in [1.54, 1.807) is 12.1 Å². The molecule has 30 heavy (non-hydrogen) atoms. The van der Waals surface area contributed by atoms with Gasteiger partial charge in [0.2, 0.25) is 10.0 Å². The minimum atomic E-state index is -3.93. The zero-order valence-electron chi connectivity index (χ0n) is 16.7. The van der Waals surface area contributed by atoms with Crippen molar-refractivity contribution in [1.29, 1.82) is 0 Å². The predicted molar refractivity (Wildman–Crippen MR) is 109 cm³/mol. The fourth-order valence-corrected chi connectivity index (χ4v) is 5.04. The SMILES string of the molecule is CCCCCS(=O)(=O)N[C@](C)(c1ccc(F)c(O)c1)N1C(=O)c2ccccc2C1=O. The van der Waals surface area contributed by atoms with Crippen LogP contribution in [0, 0.1) is 5.82 Å². The van der Waals surface area contributed by atoms with Crippen LogP contribution >= 0.6 is 0 Å². The number of halogens is 1. The maximum Gasteiger partial charge on any atom is 0.263 e. The van der Waals surface area contributed by atoms with E-state index in [0.29, 0.717) is 12.8 Å². The highest BCUT2D eigenvalue weighted by atomic mass is 32.2. The second-order valence-corrected chi connectivity index (χ2v) is 9.20. The third-order valence-corrected chi connectivity index (χ3v) is 6.65. The van der Waals surface area contributed by atoms with Crippen LogP contribution < -0.4 is 4.72 Å². The number of hydrogen-bond donors (Lipinski definition) is 2. The molecular weight excluding hydrogens is 411 g/mol. The first-order valence-corrected chi connectivity index (χ1v) is 11.2. The lowest BCUT2D eigenvalue weighted by atomic mass is 10.00. The minimum Gasteiger partial charge on any atom is -0.505 e. The molecular formula is C21H23FN2O5S. The summed E-state index contributed by atoms with van der Waals surface area (Å²) in [4.78, 5) is 26.9. The summed E-state index contributed by atoms with van der Waals surface area (Å²) >= 11 is 0. The fraction of sp³-hybridized carbons (Fsp3) is 0.333. The van der Waals surface area contributed by atoms with E-state index >= 15 is 0 Å². The van der Waals surface area contributed by atoms with Crippen molar-refractivity contribution in [1.82, 2.24) is 9.62 Å². The van der Waals surface area contributed by atoms with E-state index in [-0.39, 0.29) is 22.4 Å². The molecule has 160 valence electrons. The number of phenolic OH excluding ortho intramolecular Hbond substituents is 1. The normalized spacial score (nSPS) is 15.9. The third kappa shape index (κ3) is 3.95. The topological polar surface area (TPSA) is 104 Å². The van der Waals surface area contributed by atoms with E-state index < -0.39 is 39.1 Å². The lowest BCUT2D eigenvalue weighted by molar-refractivity contribution is 0.0422. The summed E-state index contributed by atoms with van der Waals surface area (Å²) in [5.41, 5.74) is -1.53. The number of rotatable bonds is 8. The molecule has 9 heteroatoms. The van der Waals surface area contributed by atoms with E-state index in [2.05, 4.69) is 4.72 Å². The Morgan fingerprint density at radius 2 is 1.67 bits per heavy atom. The van der Waals surface area contributed by atoms with E-state index in [4.69, 9.17) is 0 Å². The predicted octanol–water partition coefficient (Wildman–Crippen LogP) is 3.11. The molecule has 0 fully saturated rings. The number of hydrogen-bond acceptors (Lipinski definition) is 5. The van der Waals surface area contributed by atoms with Crippen LogP contribution in [0.1, 0.15) is 59.4 Å². The standard InChI is InChI=1S/C21H23FN2O5S/c1-3-4-7-12-30(28,29)23-21(2,14-10-11-17(22)18(25)13-14)24-19(26)15-8-5-6-9-16(15)20(24)27/h5-6,8-11,13,23,25H,3-4,7,12H2,1-2H3/t21-/m0/s1. The van der Waals surface area contributed by atoms with Crippen molar-refractivity contribution in [2.45, 2.75) is 38.8 Å². The number of nitrogens with zero attached hydrogens (tertiary/aromatic N) is 1. The average molecular weight is 434 g/mol. The van der Waals surface area contributed by atoms with Gasteiger partial charge in [0.25, 0.3) is 11.8 Å². The number of carbonyl (C=O) groups is 2. The van der Waals surface area contributed by atoms with Crippen molar-refractivity contribution in [3.63, 3.8) is 0 Å². The van der Waals surface area contributed by atoms with Crippen molar-refractivity contribution in [3.8, 4) is 5.75 Å². The summed E-state index contributed by atoms with van der Waals surface area (Å²) in [5, 5.41) is 9.84. The number of carbonyl (C=O) groups excluding carboxylic acids is 2. The third-order valence-electron chi connectivity index (χ3n) is 5.12. The number of benzene rings is 2. The Kier molecular flexibility index (Phi) is 5.96. The Hall–Kier alpha value is -2.78. The van der Waals surface area contributed by atoms with Crippen LogP contribution in [0.3, 0.4) is 0 Å². The van der Waals surface area contributed by atoms with Crippen molar-refractivity contribution in [2.24, 2.45) is 0 Å². The van der Waals surface area contributed by atoms with E-state index in [0.717, 1.165) is 23.5 Å². The molecule has 2 aromatic rings. The highest BCUT2D eigenvalue weighted by molar-refractivity contribution is 7.89. The van der Waals surface area contributed by atoms with Gasteiger partial charge in [-0.3, -0.25) is 14.5 Å². The number of nitrogens with one attached hydrogen (secondary N) is 1. The number of aromatic hydroxyl groups is 1. The van der Waals surface area contributed by atoms with Gasteiger partial charge in [0.05, 0.1) is 16.9 Å². The zero-order valence-corrected chi connectivity index (χ0v) is 17.5. The maximum absolute atomic E-state index is 13.6. The summed E-state index contributed by atoms with van der Waals surface area (Å²) < 4.78 is 41.7. The van der Waals surface area contributed by atoms with Gasteiger partial charge in [-0.1, -0.05) is 38.0 Å². The van der Waals surface area contributed by atoms with Crippen LogP contribution in [-0.2, 0) is 15.7 Å². The number of sulfonamides is 1. The van der Waals surface area contributed by atoms with Crippen LogP contribution in [0.15, 0.2) is 42.5 Å². The quantitative estimate of drug-likeness (QED) is 0.491. The Bertz CT molecular complexity index is 1070. The second-order valence-electron chi connectivity index (χ2n) is 7.36. The molecule has 2 N–H and O–H groups in total. The van der Waals surface area contributed by atoms with Gasteiger partial charge in [-0.15, -0.1) is 0 Å². The van der Waals surface area contributed by atoms with Gasteiger partial charge < -0.3 is 5.11 Å². The van der Waals surface area contributed by atoms with Crippen molar-refractivity contribution >= 4 is 21.8 Å². The van der Waals surface area contributed by atoms with Gasteiger partial charge in [0, 0.05) is 0 Å². The number of unbranched alkanes of at least 4 members (excludes halogenated alkanes) is 2. The molecule has 1 aliphatic rings. The molecule has 0 saturated carbocycles. The van der Waals surface area contributed by atoms with Gasteiger partial charge >= 0.3 is 0 Å². The molecule has 1 heterocycles. The van der Waals surface area contributed by atoms with E-state index in [1.165, 1.54) is 25.1 Å². The number of imide groups is 1. The Morgan fingerprint density at radius 1 is 1.07 bits per heavy atom. The van der Waals surface area contributed by atoms with E-state index in [9.17, 15) is 27.5 Å².